The third-order valence-electron chi connectivity index (χ3n) is 2.00. The Hall–Kier alpha value is -1.00. The van der Waals surface area contributed by atoms with Gasteiger partial charge in [0.05, 0.1) is 25.8 Å². The first-order valence-corrected chi connectivity index (χ1v) is 4.27. The van der Waals surface area contributed by atoms with Gasteiger partial charge < -0.3 is 15.2 Å². The van der Waals surface area contributed by atoms with Crippen LogP contribution in [0.1, 0.15) is 11.6 Å². The van der Waals surface area contributed by atoms with Gasteiger partial charge in [0.15, 0.2) is 0 Å². The first kappa shape index (κ1) is 14.0. The van der Waals surface area contributed by atoms with Crippen molar-refractivity contribution in [3.63, 3.8) is 0 Å². The fourth-order valence-electron chi connectivity index (χ4n) is 1.32. The van der Waals surface area contributed by atoms with E-state index in [0.29, 0.717) is 17.1 Å². The van der Waals surface area contributed by atoms with Crippen LogP contribution in [0.2, 0.25) is 0 Å². The number of hydrogen-bond acceptors (Lipinski definition) is 3. The maximum atomic E-state index is 12.5. The first-order chi connectivity index (χ1) is 6.74. The summed E-state index contributed by atoms with van der Waals surface area (Å²) in [5.41, 5.74) is 6.18. The van der Waals surface area contributed by atoms with E-state index in [2.05, 4.69) is 0 Å². The molecule has 0 saturated carbocycles. The highest BCUT2D eigenvalue weighted by molar-refractivity contribution is 5.85. The molecule has 5 heteroatoms. The fraction of sp³-hybridized carbons (Fsp3) is 0.400. The summed E-state index contributed by atoms with van der Waals surface area (Å²) in [6, 6.07) is 4.52. The van der Waals surface area contributed by atoms with Crippen molar-refractivity contribution in [2.24, 2.45) is 5.73 Å². The molecule has 0 amide bonds. The zero-order chi connectivity index (χ0) is 10.6. The maximum Gasteiger partial charge on any atom is 0.127 e. The average molecular weight is 236 g/mol. The summed E-state index contributed by atoms with van der Waals surface area (Å²) < 4.78 is 22.6. The molecule has 0 unspecified atom stereocenters. The van der Waals surface area contributed by atoms with Crippen LogP contribution < -0.4 is 15.2 Å². The van der Waals surface area contributed by atoms with E-state index in [9.17, 15) is 4.39 Å². The van der Waals surface area contributed by atoms with Gasteiger partial charge in [0.1, 0.15) is 18.2 Å². The number of halogens is 2. The fourth-order valence-corrected chi connectivity index (χ4v) is 1.32. The van der Waals surface area contributed by atoms with Crippen LogP contribution >= 0.6 is 12.4 Å². The minimum atomic E-state index is -0.707. The van der Waals surface area contributed by atoms with E-state index < -0.39 is 12.7 Å². The highest BCUT2D eigenvalue weighted by Crippen LogP contribution is 2.32. The second-order valence-corrected chi connectivity index (χ2v) is 2.84. The molecule has 1 aromatic carbocycles. The smallest absolute Gasteiger partial charge is 0.127 e. The van der Waals surface area contributed by atoms with Crippen molar-refractivity contribution in [1.29, 1.82) is 0 Å². The van der Waals surface area contributed by atoms with Gasteiger partial charge in [-0.2, -0.15) is 0 Å². The number of ether oxygens (including phenoxy) is 2. The van der Waals surface area contributed by atoms with E-state index >= 15 is 0 Å². The van der Waals surface area contributed by atoms with E-state index in [1.807, 2.05) is 0 Å². The normalized spacial score (nSPS) is 11.5. The lowest BCUT2D eigenvalue weighted by Gasteiger charge is -2.16. The summed E-state index contributed by atoms with van der Waals surface area (Å²) in [4.78, 5) is 0. The molecule has 0 spiro atoms. The van der Waals surface area contributed by atoms with Crippen LogP contribution in [-0.4, -0.2) is 20.9 Å². The zero-order valence-corrected chi connectivity index (χ0v) is 9.51. The molecule has 0 saturated heterocycles. The quantitative estimate of drug-likeness (QED) is 0.869. The number of benzene rings is 1. The Morgan fingerprint density at radius 2 is 1.73 bits per heavy atom. The summed E-state index contributed by atoms with van der Waals surface area (Å²) in [5.74, 6) is 1.10. The van der Waals surface area contributed by atoms with Crippen molar-refractivity contribution in [1.82, 2.24) is 0 Å². The second kappa shape index (κ2) is 6.48. The molecule has 0 heterocycles. The zero-order valence-electron chi connectivity index (χ0n) is 8.70. The molecule has 0 aliphatic carbocycles. The minimum absolute atomic E-state index is 0. The van der Waals surface area contributed by atoms with Crippen LogP contribution in [0.4, 0.5) is 4.39 Å². The van der Waals surface area contributed by atoms with Gasteiger partial charge in [-0.3, -0.25) is 0 Å². The van der Waals surface area contributed by atoms with Gasteiger partial charge in [-0.1, -0.05) is 6.07 Å². The third-order valence-corrected chi connectivity index (χ3v) is 2.00. The molecular formula is C10H15ClFNO2. The Kier molecular flexibility index (Phi) is 6.05. The van der Waals surface area contributed by atoms with Crippen molar-refractivity contribution < 1.29 is 13.9 Å². The minimum Gasteiger partial charge on any atom is -0.496 e. The van der Waals surface area contributed by atoms with Gasteiger partial charge >= 0.3 is 0 Å². The molecule has 0 aromatic heterocycles. The van der Waals surface area contributed by atoms with Crippen molar-refractivity contribution in [2.45, 2.75) is 6.04 Å². The third kappa shape index (κ3) is 2.97. The lowest BCUT2D eigenvalue weighted by Crippen LogP contribution is -2.14. The van der Waals surface area contributed by atoms with Crippen LogP contribution in [-0.2, 0) is 0 Å². The van der Waals surface area contributed by atoms with Crippen molar-refractivity contribution in [3.05, 3.63) is 23.8 Å². The summed E-state index contributed by atoms with van der Waals surface area (Å²) >= 11 is 0. The van der Waals surface area contributed by atoms with Crippen LogP contribution in [0.15, 0.2) is 18.2 Å². The second-order valence-electron chi connectivity index (χ2n) is 2.84. The lowest BCUT2D eigenvalue weighted by molar-refractivity contribution is 0.362. The Balaban J connectivity index is 0.00000196. The number of nitrogens with two attached hydrogens (primary N) is 1. The van der Waals surface area contributed by atoms with E-state index in [0.717, 1.165) is 0 Å². The first-order valence-electron chi connectivity index (χ1n) is 4.27. The summed E-state index contributed by atoms with van der Waals surface area (Å²) in [5, 5.41) is 0. The molecule has 3 nitrogen and oxygen atoms in total. The predicted octanol–water partition coefficient (Wildman–Crippen LogP) is 2.09. The Morgan fingerprint density at radius 1 is 1.27 bits per heavy atom. The number of hydrogen-bond donors (Lipinski definition) is 1. The van der Waals surface area contributed by atoms with E-state index in [-0.39, 0.29) is 12.4 Å². The van der Waals surface area contributed by atoms with Crippen LogP contribution in [0.3, 0.4) is 0 Å². The van der Waals surface area contributed by atoms with Gasteiger partial charge in [0.25, 0.3) is 0 Å². The highest BCUT2D eigenvalue weighted by Gasteiger charge is 2.16. The Morgan fingerprint density at radius 3 is 2.07 bits per heavy atom. The average Bonchev–Trinajstić information content (AvgIpc) is 2.26. The molecule has 86 valence electrons. The van der Waals surface area contributed by atoms with Gasteiger partial charge in [-0.25, -0.2) is 4.39 Å². The van der Waals surface area contributed by atoms with Crippen LogP contribution in [0, 0.1) is 0 Å². The molecule has 2 N–H and O–H groups in total. The molecule has 15 heavy (non-hydrogen) atoms. The van der Waals surface area contributed by atoms with E-state index in [1.165, 1.54) is 14.2 Å². The largest absolute Gasteiger partial charge is 0.496 e. The topological polar surface area (TPSA) is 44.5 Å². The molecule has 1 rings (SSSR count). The molecular weight excluding hydrogens is 221 g/mol. The van der Waals surface area contributed by atoms with Crippen molar-refractivity contribution >= 4 is 12.4 Å². The summed E-state index contributed by atoms with van der Waals surface area (Å²) in [7, 11) is 3.03. The molecule has 0 radical (unpaired) electrons. The monoisotopic (exact) mass is 235 g/mol. The lowest BCUT2D eigenvalue weighted by atomic mass is 10.1. The SMILES string of the molecule is COc1cccc(OC)c1[C@H](N)CF.Cl. The van der Waals surface area contributed by atoms with Crippen molar-refractivity contribution in [3.8, 4) is 11.5 Å². The maximum absolute atomic E-state index is 12.5. The summed E-state index contributed by atoms with van der Waals surface area (Å²) in [6.45, 7) is -0.642. The number of rotatable bonds is 4. The molecule has 0 bridgehead atoms. The van der Waals surface area contributed by atoms with Gasteiger partial charge in [0, 0.05) is 0 Å². The molecule has 1 aromatic rings. The van der Waals surface area contributed by atoms with Gasteiger partial charge in [0.2, 0.25) is 0 Å². The van der Waals surface area contributed by atoms with Gasteiger partial charge in [-0.15, -0.1) is 12.4 Å². The molecule has 0 aliphatic rings. The predicted molar refractivity (Wildman–Crippen MR) is 59.7 cm³/mol. The van der Waals surface area contributed by atoms with Crippen LogP contribution in [0.25, 0.3) is 0 Å². The van der Waals surface area contributed by atoms with Crippen molar-refractivity contribution in [2.75, 3.05) is 20.9 Å². The Bertz CT molecular complexity index is 287. The highest BCUT2D eigenvalue weighted by atomic mass is 35.5. The summed E-state index contributed by atoms with van der Waals surface area (Å²) in [6.07, 6.45) is 0. The van der Waals surface area contributed by atoms with Gasteiger partial charge in [-0.05, 0) is 12.1 Å². The number of methoxy groups -OCH3 is 2. The standard InChI is InChI=1S/C10H14FNO2.ClH/c1-13-8-4-3-5-9(14-2)10(8)7(12)6-11;/h3-5,7H,6,12H2,1-2H3;1H/t7-;/m1./s1. The molecule has 1 atom stereocenters. The molecule has 0 fully saturated rings. The Labute approximate surface area is 94.8 Å². The number of alkyl halides is 1. The van der Waals surface area contributed by atoms with E-state index in [4.69, 9.17) is 15.2 Å². The van der Waals surface area contributed by atoms with E-state index in [1.54, 1.807) is 18.2 Å². The molecule has 0 aliphatic heterocycles. The van der Waals surface area contributed by atoms with Crippen LogP contribution in [0.5, 0.6) is 11.5 Å².